The summed E-state index contributed by atoms with van der Waals surface area (Å²) in [6, 6.07) is 13.9. The van der Waals surface area contributed by atoms with Crippen molar-refractivity contribution >= 4 is 11.9 Å². The van der Waals surface area contributed by atoms with E-state index < -0.39 is 17.6 Å². The predicted molar refractivity (Wildman–Crippen MR) is 91.7 cm³/mol. The normalized spacial score (nSPS) is 16.0. The molecule has 1 N–H and O–H groups in total. The minimum Gasteiger partial charge on any atom is -0.479 e. The lowest BCUT2D eigenvalue weighted by Gasteiger charge is -2.25. The molecule has 0 saturated carbocycles. The van der Waals surface area contributed by atoms with Crippen molar-refractivity contribution < 1.29 is 19.1 Å². The first-order chi connectivity index (χ1) is 11.8. The van der Waals surface area contributed by atoms with Crippen LogP contribution >= 0.6 is 0 Å². The lowest BCUT2D eigenvalue weighted by Crippen LogP contribution is -2.36. The number of aliphatic carboxylic acids is 1. The molecule has 130 valence electrons. The molecule has 0 spiro atoms. The Morgan fingerprint density at radius 3 is 2.40 bits per heavy atom. The van der Waals surface area contributed by atoms with Gasteiger partial charge < -0.3 is 10.0 Å². The summed E-state index contributed by atoms with van der Waals surface area (Å²) in [5.74, 6) is -2.20. The Kier molecular flexibility index (Phi) is 4.33. The second-order valence-electron chi connectivity index (χ2n) is 6.69. The molecular weight excluding hydrogens is 321 g/mol. The Balaban J connectivity index is 1.78. The van der Waals surface area contributed by atoms with Crippen molar-refractivity contribution in [3.8, 4) is 0 Å². The molecule has 0 fully saturated rings. The Morgan fingerprint density at radius 1 is 1.20 bits per heavy atom. The fourth-order valence-corrected chi connectivity index (χ4v) is 3.22. The summed E-state index contributed by atoms with van der Waals surface area (Å²) in [6.45, 7) is 4.04. The lowest BCUT2D eigenvalue weighted by molar-refractivity contribution is -0.155. The molecule has 0 saturated heterocycles. The van der Waals surface area contributed by atoms with Gasteiger partial charge in [-0.2, -0.15) is 0 Å². The van der Waals surface area contributed by atoms with Gasteiger partial charge in [-0.1, -0.05) is 56.3 Å². The highest BCUT2D eigenvalue weighted by Crippen LogP contribution is 2.35. The number of hydrogen-bond acceptors (Lipinski definition) is 2. The molecule has 0 aliphatic carbocycles. The first kappa shape index (κ1) is 17.1. The van der Waals surface area contributed by atoms with Crippen molar-refractivity contribution in [3.05, 3.63) is 70.8 Å². The first-order valence-electron chi connectivity index (χ1n) is 8.23. The summed E-state index contributed by atoms with van der Waals surface area (Å²) in [5.41, 5.74) is 0.249. The SMILES string of the molecule is CC(C)C(F)(C(=O)O)c1ccc(CN2Cc3ccccc3C2=O)cc1. The molecular formula is C20H20FNO3. The maximum atomic E-state index is 14.9. The smallest absolute Gasteiger partial charge is 0.346 e. The number of amides is 1. The minimum absolute atomic E-state index is 0.0211. The van der Waals surface area contributed by atoms with Gasteiger partial charge in [0.05, 0.1) is 0 Å². The topological polar surface area (TPSA) is 57.6 Å². The van der Waals surface area contributed by atoms with Gasteiger partial charge >= 0.3 is 5.97 Å². The summed E-state index contributed by atoms with van der Waals surface area (Å²) in [7, 11) is 0. The van der Waals surface area contributed by atoms with Gasteiger partial charge in [-0.05, 0) is 17.2 Å². The van der Waals surface area contributed by atoms with E-state index in [9.17, 15) is 19.1 Å². The molecule has 5 heteroatoms. The van der Waals surface area contributed by atoms with Gasteiger partial charge in [0.2, 0.25) is 5.67 Å². The van der Waals surface area contributed by atoms with E-state index in [2.05, 4.69) is 0 Å². The second-order valence-corrected chi connectivity index (χ2v) is 6.69. The highest BCUT2D eigenvalue weighted by atomic mass is 19.1. The molecule has 0 bridgehead atoms. The highest BCUT2D eigenvalue weighted by molar-refractivity contribution is 5.98. The Hall–Kier alpha value is -2.69. The van der Waals surface area contributed by atoms with Crippen LogP contribution in [0.4, 0.5) is 4.39 Å². The molecule has 1 aliphatic rings. The second kappa shape index (κ2) is 6.31. The van der Waals surface area contributed by atoms with Gasteiger partial charge in [-0.15, -0.1) is 0 Å². The zero-order valence-electron chi connectivity index (χ0n) is 14.2. The predicted octanol–water partition coefficient (Wildman–Crippen LogP) is 3.75. The number of rotatable bonds is 5. The van der Waals surface area contributed by atoms with E-state index in [-0.39, 0.29) is 11.5 Å². The molecule has 3 rings (SSSR count). The van der Waals surface area contributed by atoms with Crippen molar-refractivity contribution in [3.63, 3.8) is 0 Å². The van der Waals surface area contributed by atoms with E-state index >= 15 is 0 Å². The molecule has 2 aromatic carbocycles. The van der Waals surface area contributed by atoms with E-state index in [1.807, 2.05) is 24.3 Å². The lowest BCUT2D eigenvalue weighted by atomic mass is 9.85. The fraction of sp³-hybridized carbons (Fsp3) is 0.300. The standard InChI is InChI=1S/C20H20FNO3/c1-13(2)20(21,19(24)25)16-9-7-14(8-10-16)11-22-12-15-5-3-4-6-17(15)18(22)23/h3-10,13H,11-12H2,1-2H3,(H,24,25). The molecule has 0 aromatic heterocycles. The number of carbonyl (C=O) groups excluding carboxylic acids is 1. The van der Waals surface area contributed by atoms with E-state index in [1.54, 1.807) is 30.9 Å². The number of hydrogen-bond donors (Lipinski definition) is 1. The van der Waals surface area contributed by atoms with Crippen LogP contribution in [0.15, 0.2) is 48.5 Å². The monoisotopic (exact) mass is 341 g/mol. The maximum absolute atomic E-state index is 14.9. The highest BCUT2D eigenvalue weighted by Gasteiger charge is 2.44. The van der Waals surface area contributed by atoms with Crippen LogP contribution < -0.4 is 0 Å². The Bertz CT molecular complexity index is 816. The molecule has 1 aliphatic heterocycles. The number of carbonyl (C=O) groups is 2. The average Bonchev–Trinajstić information content (AvgIpc) is 2.90. The summed E-state index contributed by atoms with van der Waals surface area (Å²) < 4.78 is 14.9. The molecule has 2 aromatic rings. The number of fused-ring (bicyclic) bond motifs is 1. The van der Waals surface area contributed by atoms with Gasteiger partial charge in [-0.3, -0.25) is 4.79 Å². The van der Waals surface area contributed by atoms with Crippen LogP contribution in [-0.2, 0) is 23.6 Å². The van der Waals surface area contributed by atoms with Crippen LogP contribution in [-0.4, -0.2) is 21.9 Å². The summed E-state index contributed by atoms with van der Waals surface area (Å²) in [4.78, 5) is 25.5. The van der Waals surface area contributed by atoms with Crippen LogP contribution in [0.25, 0.3) is 0 Å². The Morgan fingerprint density at radius 2 is 1.84 bits per heavy atom. The van der Waals surface area contributed by atoms with Crippen LogP contribution in [0.2, 0.25) is 0 Å². The van der Waals surface area contributed by atoms with Gasteiger partial charge in [0.25, 0.3) is 5.91 Å². The Labute approximate surface area is 145 Å². The molecule has 4 nitrogen and oxygen atoms in total. The van der Waals surface area contributed by atoms with E-state index in [0.29, 0.717) is 18.7 Å². The average molecular weight is 341 g/mol. The number of carboxylic acid groups (broad SMARTS) is 1. The summed E-state index contributed by atoms with van der Waals surface area (Å²) >= 11 is 0. The zero-order chi connectivity index (χ0) is 18.2. The summed E-state index contributed by atoms with van der Waals surface area (Å²) in [6.07, 6.45) is 0. The fourth-order valence-electron chi connectivity index (χ4n) is 3.22. The van der Waals surface area contributed by atoms with Gasteiger partial charge in [0, 0.05) is 30.1 Å². The van der Waals surface area contributed by atoms with E-state index in [0.717, 1.165) is 11.1 Å². The third-order valence-electron chi connectivity index (χ3n) is 4.75. The van der Waals surface area contributed by atoms with E-state index in [4.69, 9.17) is 0 Å². The zero-order valence-corrected chi connectivity index (χ0v) is 14.2. The number of halogens is 1. The molecule has 0 radical (unpaired) electrons. The van der Waals surface area contributed by atoms with Gasteiger partial charge in [0.1, 0.15) is 0 Å². The van der Waals surface area contributed by atoms with Gasteiger partial charge in [0.15, 0.2) is 0 Å². The summed E-state index contributed by atoms with van der Waals surface area (Å²) in [5, 5.41) is 9.26. The van der Waals surface area contributed by atoms with Crippen molar-refractivity contribution in [2.45, 2.75) is 32.6 Å². The molecule has 1 unspecified atom stereocenters. The molecule has 1 amide bonds. The van der Waals surface area contributed by atoms with Crippen molar-refractivity contribution in [1.29, 1.82) is 0 Å². The number of benzene rings is 2. The number of alkyl halides is 1. The largest absolute Gasteiger partial charge is 0.479 e. The third-order valence-corrected chi connectivity index (χ3v) is 4.75. The van der Waals surface area contributed by atoms with Crippen molar-refractivity contribution in [2.24, 2.45) is 5.92 Å². The minimum atomic E-state index is -2.42. The van der Waals surface area contributed by atoms with Crippen LogP contribution in [0.1, 0.15) is 40.9 Å². The number of carboxylic acids is 1. The third kappa shape index (κ3) is 2.90. The van der Waals surface area contributed by atoms with Crippen molar-refractivity contribution in [2.75, 3.05) is 0 Å². The molecule has 1 atom stereocenters. The van der Waals surface area contributed by atoms with E-state index in [1.165, 1.54) is 12.1 Å². The van der Waals surface area contributed by atoms with Crippen LogP contribution in [0.5, 0.6) is 0 Å². The quantitative estimate of drug-likeness (QED) is 0.901. The van der Waals surface area contributed by atoms with Crippen LogP contribution in [0, 0.1) is 5.92 Å². The maximum Gasteiger partial charge on any atom is 0.346 e. The van der Waals surface area contributed by atoms with Crippen LogP contribution in [0.3, 0.4) is 0 Å². The van der Waals surface area contributed by atoms with Crippen molar-refractivity contribution in [1.82, 2.24) is 4.90 Å². The molecule has 1 heterocycles. The molecule has 25 heavy (non-hydrogen) atoms. The first-order valence-corrected chi connectivity index (χ1v) is 8.23. The van der Waals surface area contributed by atoms with Gasteiger partial charge in [-0.25, -0.2) is 9.18 Å². The number of nitrogens with zero attached hydrogens (tertiary/aromatic N) is 1.